The SMILES string of the molecule is O=C(CSc1[nH]c2ccccc2[n+]1S(=O)(=O)c1ccccc1)Nc1c(Cl)cc(Cl)cc1Cl. The molecular formula is C21H15Cl3N3O3S2+. The van der Waals surface area contributed by atoms with E-state index in [-0.39, 0.29) is 26.4 Å². The predicted octanol–water partition coefficient (Wildman–Crippen LogP) is 5.38. The highest BCUT2D eigenvalue weighted by atomic mass is 35.5. The smallest absolute Gasteiger partial charge is 0.323 e. The minimum atomic E-state index is -3.90. The largest absolute Gasteiger partial charge is 0.336 e. The molecule has 4 aromatic rings. The molecule has 0 aliphatic rings. The van der Waals surface area contributed by atoms with E-state index in [2.05, 4.69) is 10.3 Å². The number of rotatable bonds is 6. The van der Waals surface area contributed by atoms with Gasteiger partial charge in [-0.3, -0.25) is 4.79 Å². The second kappa shape index (κ2) is 9.33. The molecule has 0 aliphatic heterocycles. The molecule has 0 bridgehead atoms. The maximum atomic E-state index is 13.4. The summed E-state index contributed by atoms with van der Waals surface area (Å²) in [5.74, 6) is -0.504. The zero-order chi connectivity index (χ0) is 22.9. The third-order valence-corrected chi connectivity index (χ3v) is 8.06. The maximum absolute atomic E-state index is 13.4. The number of hydrogen-bond acceptors (Lipinski definition) is 4. The van der Waals surface area contributed by atoms with Gasteiger partial charge in [-0.2, -0.15) is 8.42 Å². The van der Waals surface area contributed by atoms with Crippen molar-refractivity contribution in [3.05, 3.63) is 81.8 Å². The van der Waals surface area contributed by atoms with Crippen LogP contribution in [0.15, 0.2) is 76.8 Å². The van der Waals surface area contributed by atoms with Gasteiger partial charge < -0.3 is 5.32 Å². The zero-order valence-corrected chi connectivity index (χ0v) is 20.1. The summed E-state index contributed by atoms with van der Waals surface area (Å²) >= 11 is 19.2. The van der Waals surface area contributed by atoms with E-state index in [1.54, 1.807) is 42.5 Å². The van der Waals surface area contributed by atoms with Crippen molar-refractivity contribution in [1.82, 2.24) is 4.98 Å². The summed E-state index contributed by atoms with van der Waals surface area (Å²) in [5.41, 5.74) is 1.34. The van der Waals surface area contributed by atoms with Gasteiger partial charge in [0.1, 0.15) is 4.90 Å². The van der Waals surface area contributed by atoms with Gasteiger partial charge in [-0.25, -0.2) is 4.98 Å². The first-order chi connectivity index (χ1) is 15.3. The fourth-order valence-electron chi connectivity index (χ4n) is 3.03. The second-order valence-corrected chi connectivity index (χ2v) is 10.6. The van der Waals surface area contributed by atoms with E-state index in [9.17, 15) is 13.2 Å². The van der Waals surface area contributed by atoms with Gasteiger partial charge in [-0.1, -0.05) is 65.1 Å². The minimum Gasteiger partial charge on any atom is -0.323 e. The Hall–Kier alpha value is -2.23. The highest BCUT2D eigenvalue weighted by molar-refractivity contribution is 8.00. The van der Waals surface area contributed by atoms with Gasteiger partial charge in [-0.15, -0.1) is 3.97 Å². The van der Waals surface area contributed by atoms with Crippen LogP contribution in [-0.2, 0) is 14.8 Å². The number of nitrogens with one attached hydrogen (secondary N) is 2. The molecule has 3 aromatic carbocycles. The molecule has 0 fully saturated rings. The molecule has 4 rings (SSSR count). The van der Waals surface area contributed by atoms with Crippen LogP contribution in [0.4, 0.5) is 5.69 Å². The Morgan fingerprint density at radius 3 is 2.28 bits per heavy atom. The van der Waals surface area contributed by atoms with Crippen LogP contribution in [0.3, 0.4) is 0 Å². The van der Waals surface area contributed by atoms with Crippen molar-refractivity contribution in [3.8, 4) is 0 Å². The molecule has 11 heteroatoms. The Balaban J connectivity index is 1.65. The Morgan fingerprint density at radius 2 is 1.59 bits per heavy atom. The summed E-state index contributed by atoms with van der Waals surface area (Å²) in [6, 6.07) is 18.0. The summed E-state index contributed by atoms with van der Waals surface area (Å²) < 4.78 is 27.9. The van der Waals surface area contributed by atoms with Crippen LogP contribution in [0.25, 0.3) is 11.0 Å². The van der Waals surface area contributed by atoms with Gasteiger partial charge in [-0.05, 0) is 48.2 Å². The van der Waals surface area contributed by atoms with Crippen LogP contribution in [0.5, 0.6) is 0 Å². The molecule has 164 valence electrons. The number of para-hydroxylation sites is 2. The number of aromatic amines is 1. The average molecular weight is 528 g/mol. The molecule has 2 N–H and O–H groups in total. The lowest BCUT2D eigenvalue weighted by Gasteiger charge is -2.09. The number of thioether (sulfide) groups is 1. The van der Waals surface area contributed by atoms with E-state index in [0.29, 0.717) is 21.2 Å². The number of anilines is 1. The fraction of sp³-hybridized carbons (Fsp3) is 0.0476. The summed E-state index contributed by atoms with van der Waals surface area (Å²) in [6.45, 7) is 0. The number of halogens is 3. The van der Waals surface area contributed by atoms with E-state index >= 15 is 0 Å². The number of carbonyl (C=O) groups excluding carboxylic acids is 1. The average Bonchev–Trinajstić information content (AvgIpc) is 3.14. The number of aromatic nitrogens is 2. The number of H-pyrrole nitrogens is 1. The van der Waals surface area contributed by atoms with Crippen LogP contribution >= 0.6 is 46.6 Å². The topological polar surface area (TPSA) is 82.9 Å². The maximum Gasteiger partial charge on any atom is 0.336 e. The lowest BCUT2D eigenvalue weighted by Crippen LogP contribution is -2.44. The van der Waals surface area contributed by atoms with Gasteiger partial charge in [0.15, 0.2) is 11.0 Å². The third kappa shape index (κ3) is 4.60. The van der Waals surface area contributed by atoms with Gasteiger partial charge in [0.2, 0.25) is 5.91 Å². The molecule has 0 spiro atoms. The van der Waals surface area contributed by atoms with E-state index in [1.165, 1.54) is 28.2 Å². The molecule has 6 nitrogen and oxygen atoms in total. The first kappa shape index (κ1) is 22.9. The molecule has 0 aliphatic carbocycles. The number of fused-ring (bicyclic) bond motifs is 1. The van der Waals surface area contributed by atoms with Crippen LogP contribution in [0.2, 0.25) is 15.1 Å². The van der Waals surface area contributed by atoms with Crippen LogP contribution < -0.4 is 9.29 Å². The summed E-state index contributed by atoms with van der Waals surface area (Å²) in [4.78, 5) is 15.8. The van der Waals surface area contributed by atoms with Crippen molar-refractivity contribution in [2.24, 2.45) is 0 Å². The first-order valence-corrected chi connectivity index (χ1v) is 12.7. The van der Waals surface area contributed by atoms with E-state index in [0.717, 1.165) is 11.8 Å². The summed E-state index contributed by atoms with van der Waals surface area (Å²) in [6.07, 6.45) is 0. The second-order valence-electron chi connectivity index (χ2n) is 6.61. The van der Waals surface area contributed by atoms with Gasteiger partial charge in [0.05, 0.1) is 21.5 Å². The normalized spacial score (nSPS) is 11.6. The minimum absolute atomic E-state index is 0.0909. The van der Waals surface area contributed by atoms with Crippen LogP contribution in [-0.4, -0.2) is 25.1 Å². The Morgan fingerprint density at radius 1 is 0.969 bits per heavy atom. The lowest BCUT2D eigenvalue weighted by molar-refractivity contribution is -0.526. The van der Waals surface area contributed by atoms with Crippen molar-refractivity contribution >= 4 is 79.2 Å². The molecule has 1 heterocycles. The number of carbonyl (C=O) groups is 1. The zero-order valence-electron chi connectivity index (χ0n) is 16.2. The highest BCUT2D eigenvalue weighted by Crippen LogP contribution is 2.34. The molecule has 0 unspecified atom stereocenters. The number of imidazole rings is 1. The number of nitrogens with zero attached hydrogens (tertiary/aromatic N) is 1. The van der Waals surface area contributed by atoms with Gasteiger partial charge in [0.25, 0.3) is 0 Å². The number of amides is 1. The number of hydrogen-bond donors (Lipinski definition) is 2. The Kier molecular flexibility index (Phi) is 6.69. The molecule has 1 aromatic heterocycles. The summed E-state index contributed by atoms with van der Waals surface area (Å²) in [7, 11) is -3.90. The molecule has 0 atom stereocenters. The lowest BCUT2D eigenvalue weighted by atomic mass is 10.3. The van der Waals surface area contributed by atoms with Crippen LogP contribution in [0.1, 0.15) is 0 Å². The predicted molar refractivity (Wildman–Crippen MR) is 128 cm³/mol. The third-order valence-electron chi connectivity index (χ3n) is 4.44. The van der Waals surface area contributed by atoms with Crippen molar-refractivity contribution in [2.45, 2.75) is 10.1 Å². The molecule has 1 amide bonds. The molecule has 32 heavy (non-hydrogen) atoms. The molecular weight excluding hydrogens is 513 g/mol. The van der Waals surface area contributed by atoms with Crippen molar-refractivity contribution < 1.29 is 17.2 Å². The van der Waals surface area contributed by atoms with Crippen molar-refractivity contribution in [2.75, 3.05) is 11.1 Å². The monoisotopic (exact) mass is 526 g/mol. The standard InChI is InChI=1S/C21H14Cl3N3O3S2/c22-13-10-15(23)20(16(24)11-13)26-19(28)12-31-21-25-17-8-4-5-9-18(17)27(21)32(29,30)14-6-2-1-3-7-14/h1-11H,12H2,(H,26,28)/p+1. The highest BCUT2D eigenvalue weighted by Gasteiger charge is 2.32. The molecule has 0 saturated carbocycles. The molecule has 0 saturated heterocycles. The van der Waals surface area contributed by atoms with Crippen LogP contribution in [0, 0.1) is 0 Å². The first-order valence-electron chi connectivity index (χ1n) is 9.18. The van der Waals surface area contributed by atoms with Gasteiger partial charge >= 0.3 is 15.2 Å². The van der Waals surface area contributed by atoms with E-state index < -0.39 is 15.9 Å². The van der Waals surface area contributed by atoms with Crippen molar-refractivity contribution in [1.29, 1.82) is 0 Å². The van der Waals surface area contributed by atoms with E-state index in [1.807, 2.05) is 0 Å². The fourth-order valence-corrected chi connectivity index (χ4v) is 6.53. The Bertz CT molecular complexity index is 1400. The van der Waals surface area contributed by atoms with Gasteiger partial charge in [0, 0.05) is 5.02 Å². The summed E-state index contributed by atoms with van der Waals surface area (Å²) in [5, 5.41) is 3.68. The molecule has 0 radical (unpaired) electrons. The number of benzene rings is 3. The quantitative estimate of drug-likeness (QED) is 0.260. The Labute approximate surface area is 203 Å². The van der Waals surface area contributed by atoms with Crippen molar-refractivity contribution in [3.63, 3.8) is 0 Å². The van der Waals surface area contributed by atoms with E-state index in [4.69, 9.17) is 34.8 Å².